The predicted octanol–water partition coefficient (Wildman–Crippen LogP) is 0.709. The molecule has 0 bridgehead atoms. The first-order valence-electron chi connectivity index (χ1n) is 4.46. The van der Waals surface area contributed by atoms with Crippen molar-refractivity contribution in [3.8, 4) is 0 Å². The molecule has 82 valence electrons. The summed E-state index contributed by atoms with van der Waals surface area (Å²) in [6.07, 6.45) is 0. The van der Waals surface area contributed by atoms with Crippen LogP contribution in [0.4, 0.5) is 4.79 Å². The summed E-state index contributed by atoms with van der Waals surface area (Å²) in [5, 5.41) is 8.93. The van der Waals surface area contributed by atoms with Crippen molar-refractivity contribution in [1.82, 2.24) is 9.80 Å². The molecule has 0 aliphatic carbocycles. The molecular formula is C9H18N2O3. The van der Waals surface area contributed by atoms with E-state index >= 15 is 0 Å². The Morgan fingerprint density at radius 3 is 1.79 bits per heavy atom. The van der Waals surface area contributed by atoms with Crippen molar-refractivity contribution in [1.29, 1.82) is 0 Å². The van der Waals surface area contributed by atoms with Crippen LogP contribution in [-0.2, 0) is 4.79 Å². The van der Waals surface area contributed by atoms with Crippen LogP contribution in [-0.4, -0.2) is 54.1 Å². The minimum Gasteiger partial charge on any atom is -0.480 e. The van der Waals surface area contributed by atoms with Crippen molar-refractivity contribution in [2.45, 2.75) is 19.9 Å². The number of carboxylic acids is 1. The molecule has 5 heteroatoms. The second-order valence-electron chi connectivity index (χ2n) is 3.81. The third-order valence-corrected chi connectivity index (χ3v) is 1.99. The number of urea groups is 1. The monoisotopic (exact) mass is 202 g/mol. The van der Waals surface area contributed by atoms with Crippen molar-refractivity contribution < 1.29 is 14.7 Å². The molecule has 0 rings (SSSR count). The summed E-state index contributed by atoms with van der Waals surface area (Å²) in [7, 11) is 4.69. The summed E-state index contributed by atoms with van der Waals surface area (Å²) in [4.78, 5) is 25.0. The molecule has 0 aliphatic rings. The Kier molecular flexibility index (Phi) is 4.40. The molecular weight excluding hydrogens is 184 g/mol. The Morgan fingerprint density at radius 2 is 1.57 bits per heavy atom. The number of nitrogens with zero attached hydrogens (tertiary/aromatic N) is 2. The molecule has 0 aliphatic heterocycles. The molecule has 0 heterocycles. The van der Waals surface area contributed by atoms with Crippen LogP contribution in [0.15, 0.2) is 0 Å². The van der Waals surface area contributed by atoms with Gasteiger partial charge in [-0.2, -0.15) is 0 Å². The highest BCUT2D eigenvalue weighted by Crippen LogP contribution is 2.10. The van der Waals surface area contributed by atoms with Crippen molar-refractivity contribution in [2.75, 3.05) is 21.1 Å². The van der Waals surface area contributed by atoms with Crippen molar-refractivity contribution in [3.63, 3.8) is 0 Å². The summed E-state index contributed by atoms with van der Waals surface area (Å²) in [5.41, 5.74) is 0. The first-order chi connectivity index (χ1) is 6.29. The fourth-order valence-corrected chi connectivity index (χ4v) is 1.33. The number of hydrogen-bond donors (Lipinski definition) is 1. The highest BCUT2D eigenvalue weighted by molar-refractivity contribution is 5.82. The topological polar surface area (TPSA) is 60.9 Å². The molecule has 1 atom stereocenters. The van der Waals surface area contributed by atoms with Crippen molar-refractivity contribution in [3.05, 3.63) is 0 Å². The first-order valence-corrected chi connectivity index (χ1v) is 4.46. The van der Waals surface area contributed by atoms with Crippen LogP contribution in [0.5, 0.6) is 0 Å². The average molecular weight is 202 g/mol. The van der Waals surface area contributed by atoms with Gasteiger partial charge in [-0.05, 0) is 5.92 Å². The van der Waals surface area contributed by atoms with Gasteiger partial charge in [0.05, 0.1) is 0 Å². The minimum atomic E-state index is -0.974. The van der Waals surface area contributed by atoms with Gasteiger partial charge in [-0.25, -0.2) is 9.59 Å². The van der Waals surface area contributed by atoms with E-state index < -0.39 is 12.0 Å². The van der Waals surface area contributed by atoms with Gasteiger partial charge in [0.1, 0.15) is 6.04 Å². The van der Waals surface area contributed by atoms with Crippen molar-refractivity contribution >= 4 is 12.0 Å². The number of aliphatic carboxylic acids is 1. The van der Waals surface area contributed by atoms with Gasteiger partial charge in [0.25, 0.3) is 0 Å². The molecule has 0 saturated carbocycles. The molecule has 0 aromatic heterocycles. The molecule has 14 heavy (non-hydrogen) atoms. The van der Waals surface area contributed by atoms with E-state index in [9.17, 15) is 9.59 Å². The number of carbonyl (C=O) groups excluding carboxylic acids is 1. The molecule has 0 fully saturated rings. The van der Waals surface area contributed by atoms with Gasteiger partial charge in [0.2, 0.25) is 0 Å². The standard InChI is InChI=1S/C9H18N2O3/c1-6(2)7(8(12)13)11(5)9(14)10(3)4/h6-7H,1-5H3,(H,12,13)/t7-/m0/s1. The van der Waals surface area contributed by atoms with E-state index in [0.717, 1.165) is 0 Å². The van der Waals surface area contributed by atoms with Crippen LogP contribution in [0.1, 0.15) is 13.8 Å². The Labute approximate surface area is 84.3 Å². The molecule has 1 N–H and O–H groups in total. The number of amides is 2. The zero-order chi connectivity index (χ0) is 11.5. The van der Waals surface area contributed by atoms with Crippen LogP contribution in [0.3, 0.4) is 0 Å². The maximum atomic E-state index is 11.5. The summed E-state index contributed by atoms with van der Waals surface area (Å²) in [6, 6.07) is -1.07. The second kappa shape index (κ2) is 4.83. The number of likely N-dealkylation sites (N-methyl/N-ethyl adjacent to an activating group) is 1. The number of hydrogen-bond acceptors (Lipinski definition) is 2. The highest BCUT2D eigenvalue weighted by atomic mass is 16.4. The lowest BCUT2D eigenvalue weighted by atomic mass is 10.0. The van der Waals surface area contributed by atoms with Gasteiger partial charge in [-0.1, -0.05) is 13.8 Å². The number of carboxylic acid groups (broad SMARTS) is 1. The summed E-state index contributed by atoms with van der Waals surface area (Å²) in [6.45, 7) is 3.55. The Bertz CT molecular complexity index is 226. The Hall–Kier alpha value is -1.26. The van der Waals surface area contributed by atoms with Crippen LogP contribution in [0, 0.1) is 5.92 Å². The normalized spacial score (nSPS) is 12.4. The second-order valence-corrected chi connectivity index (χ2v) is 3.81. The molecule has 0 aromatic rings. The third kappa shape index (κ3) is 2.90. The van der Waals surface area contributed by atoms with Crippen LogP contribution >= 0.6 is 0 Å². The third-order valence-electron chi connectivity index (χ3n) is 1.99. The van der Waals surface area contributed by atoms with E-state index in [0.29, 0.717) is 0 Å². The minimum absolute atomic E-state index is 0.110. The Balaban J connectivity index is 4.68. The molecule has 2 amide bonds. The van der Waals surface area contributed by atoms with E-state index in [4.69, 9.17) is 5.11 Å². The maximum absolute atomic E-state index is 11.5. The molecule has 0 aromatic carbocycles. The first kappa shape index (κ1) is 12.7. The zero-order valence-corrected chi connectivity index (χ0v) is 9.31. The zero-order valence-electron chi connectivity index (χ0n) is 9.31. The van der Waals surface area contributed by atoms with E-state index in [2.05, 4.69) is 0 Å². The van der Waals surface area contributed by atoms with Gasteiger partial charge in [-0.3, -0.25) is 0 Å². The van der Waals surface area contributed by atoms with Crippen molar-refractivity contribution in [2.24, 2.45) is 5.92 Å². The molecule has 0 spiro atoms. The molecule has 0 saturated heterocycles. The Morgan fingerprint density at radius 1 is 1.14 bits per heavy atom. The fraction of sp³-hybridized carbons (Fsp3) is 0.778. The van der Waals surface area contributed by atoms with Gasteiger partial charge in [0, 0.05) is 21.1 Å². The molecule has 0 unspecified atom stereocenters. The van der Waals surface area contributed by atoms with Crippen LogP contribution in [0.25, 0.3) is 0 Å². The highest BCUT2D eigenvalue weighted by Gasteiger charge is 2.29. The van der Waals surface area contributed by atoms with E-state index in [1.54, 1.807) is 27.9 Å². The fourth-order valence-electron chi connectivity index (χ4n) is 1.33. The maximum Gasteiger partial charge on any atom is 0.326 e. The molecule has 0 radical (unpaired) electrons. The average Bonchev–Trinajstić information content (AvgIpc) is 2.01. The lowest BCUT2D eigenvalue weighted by molar-refractivity contribution is -0.143. The number of carbonyl (C=O) groups is 2. The van der Waals surface area contributed by atoms with Crippen LogP contribution in [0.2, 0.25) is 0 Å². The van der Waals surface area contributed by atoms with Gasteiger partial charge in [0.15, 0.2) is 0 Å². The lowest BCUT2D eigenvalue weighted by Gasteiger charge is -2.29. The predicted molar refractivity (Wildman–Crippen MR) is 53.1 cm³/mol. The lowest BCUT2D eigenvalue weighted by Crippen LogP contribution is -2.49. The van der Waals surface area contributed by atoms with Crippen LogP contribution < -0.4 is 0 Å². The number of rotatable bonds is 3. The quantitative estimate of drug-likeness (QED) is 0.733. The summed E-state index contributed by atoms with van der Waals surface area (Å²) in [5.74, 6) is -1.08. The van der Waals surface area contributed by atoms with Gasteiger partial charge >= 0.3 is 12.0 Å². The van der Waals surface area contributed by atoms with E-state index in [1.165, 1.54) is 16.8 Å². The van der Waals surface area contributed by atoms with Gasteiger partial charge < -0.3 is 14.9 Å². The summed E-state index contributed by atoms with van der Waals surface area (Å²) < 4.78 is 0. The van der Waals surface area contributed by atoms with E-state index in [1.807, 2.05) is 0 Å². The molecule has 5 nitrogen and oxygen atoms in total. The van der Waals surface area contributed by atoms with E-state index in [-0.39, 0.29) is 11.9 Å². The SMILES string of the molecule is CC(C)[C@@H](C(=O)O)N(C)C(=O)N(C)C. The summed E-state index contributed by atoms with van der Waals surface area (Å²) >= 11 is 0. The van der Waals surface area contributed by atoms with Gasteiger partial charge in [-0.15, -0.1) is 0 Å². The largest absolute Gasteiger partial charge is 0.480 e. The smallest absolute Gasteiger partial charge is 0.326 e.